The highest BCUT2D eigenvalue weighted by atomic mass is 35.5. The molecule has 2 aromatic heterocycles. The van der Waals surface area contributed by atoms with E-state index in [1.165, 1.54) is 32.1 Å². The molecule has 0 unspecified atom stereocenters. The molecule has 5 nitrogen and oxygen atoms in total. The first-order valence-electron chi connectivity index (χ1n) is 6.24. The molecule has 1 N–H and O–H groups in total. The van der Waals surface area contributed by atoms with Gasteiger partial charge in [0.1, 0.15) is 0 Å². The van der Waals surface area contributed by atoms with Crippen molar-refractivity contribution in [1.82, 2.24) is 19.5 Å². The molecule has 2 heterocycles. The van der Waals surface area contributed by atoms with E-state index in [0.717, 1.165) is 6.54 Å². The number of hydrogen-bond acceptors (Lipinski definition) is 3. The van der Waals surface area contributed by atoms with Crippen LogP contribution in [0.2, 0.25) is 0 Å². The maximum Gasteiger partial charge on any atom is 0.328 e. The molecule has 0 spiro atoms. The maximum atomic E-state index is 11.8. The average molecular weight is 269 g/mol. The normalized spacial score (nSPS) is 16.7. The van der Waals surface area contributed by atoms with Crippen LogP contribution in [0, 0.1) is 5.92 Å². The lowest BCUT2D eigenvalue weighted by Crippen LogP contribution is -2.23. The first-order chi connectivity index (χ1) is 8.34. The summed E-state index contributed by atoms with van der Waals surface area (Å²) in [6.45, 7) is 0.775. The van der Waals surface area contributed by atoms with E-state index in [1.807, 2.05) is 0 Å². The first-order valence-corrected chi connectivity index (χ1v) is 6.24. The summed E-state index contributed by atoms with van der Waals surface area (Å²) < 4.78 is 1.73. The fourth-order valence-corrected chi connectivity index (χ4v) is 2.68. The van der Waals surface area contributed by atoms with E-state index < -0.39 is 0 Å². The van der Waals surface area contributed by atoms with Gasteiger partial charge < -0.3 is 0 Å². The van der Waals surface area contributed by atoms with E-state index in [2.05, 4.69) is 15.0 Å². The molecule has 1 aliphatic rings. The SMILES string of the molecule is Cl.O=c1[nH]c2nccnc2n1CC1CCCCC1. The Kier molecular flexibility index (Phi) is 4.01. The summed E-state index contributed by atoms with van der Waals surface area (Å²) in [5, 5.41) is 0. The zero-order valence-corrected chi connectivity index (χ0v) is 10.9. The highest BCUT2D eigenvalue weighted by Crippen LogP contribution is 2.25. The fraction of sp³-hybridized carbons (Fsp3) is 0.583. The van der Waals surface area contributed by atoms with Crippen LogP contribution in [0.15, 0.2) is 17.2 Å². The van der Waals surface area contributed by atoms with Crippen LogP contribution in [-0.4, -0.2) is 19.5 Å². The van der Waals surface area contributed by atoms with Gasteiger partial charge in [-0.25, -0.2) is 14.8 Å². The third-order valence-electron chi connectivity index (χ3n) is 3.57. The van der Waals surface area contributed by atoms with Crippen molar-refractivity contribution in [2.45, 2.75) is 38.6 Å². The second kappa shape index (κ2) is 5.52. The van der Waals surface area contributed by atoms with Gasteiger partial charge in [0.15, 0.2) is 11.3 Å². The van der Waals surface area contributed by atoms with Crippen molar-refractivity contribution in [2.75, 3.05) is 0 Å². The number of fused-ring (bicyclic) bond motifs is 1. The van der Waals surface area contributed by atoms with Crippen molar-refractivity contribution < 1.29 is 0 Å². The lowest BCUT2D eigenvalue weighted by molar-refractivity contribution is 0.319. The van der Waals surface area contributed by atoms with E-state index >= 15 is 0 Å². The minimum Gasteiger partial charge on any atom is -0.289 e. The summed E-state index contributed by atoms with van der Waals surface area (Å²) in [6.07, 6.45) is 9.58. The predicted molar refractivity (Wildman–Crippen MR) is 72.0 cm³/mol. The standard InChI is InChI=1S/C12H16N4O.ClH/c17-12-15-10-11(14-7-6-13-10)16(12)8-9-4-2-1-3-5-9;/h6-7,9H,1-5,8H2,(H,13,15,17);1H. The number of hydrogen-bond donors (Lipinski definition) is 1. The van der Waals surface area contributed by atoms with Crippen LogP contribution in [0.25, 0.3) is 11.3 Å². The maximum absolute atomic E-state index is 11.8. The van der Waals surface area contributed by atoms with E-state index in [0.29, 0.717) is 17.2 Å². The molecule has 0 aliphatic heterocycles. The molecule has 0 aromatic carbocycles. The molecule has 1 fully saturated rings. The van der Waals surface area contributed by atoms with Gasteiger partial charge in [0.2, 0.25) is 0 Å². The third-order valence-corrected chi connectivity index (χ3v) is 3.57. The highest BCUT2D eigenvalue weighted by Gasteiger charge is 2.17. The number of H-pyrrole nitrogens is 1. The molecule has 0 atom stereocenters. The van der Waals surface area contributed by atoms with Crippen molar-refractivity contribution in [1.29, 1.82) is 0 Å². The Labute approximate surface area is 111 Å². The van der Waals surface area contributed by atoms with Crippen molar-refractivity contribution in [3.63, 3.8) is 0 Å². The number of nitrogens with one attached hydrogen (secondary N) is 1. The van der Waals surface area contributed by atoms with Crippen molar-refractivity contribution in [2.24, 2.45) is 5.92 Å². The van der Waals surface area contributed by atoms with Crippen LogP contribution in [-0.2, 0) is 6.54 Å². The zero-order valence-electron chi connectivity index (χ0n) is 10.1. The topological polar surface area (TPSA) is 63.6 Å². The third kappa shape index (κ3) is 2.41. The Hall–Kier alpha value is -1.36. The molecule has 1 aliphatic carbocycles. The highest BCUT2D eigenvalue weighted by molar-refractivity contribution is 5.85. The van der Waals surface area contributed by atoms with E-state index in [1.54, 1.807) is 17.0 Å². The Balaban J connectivity index is 0.00000120. The zero-order chi connectivity index (χ0) is 11.7. The molecule has 3 rings (SSSR count). The van der Waals surface area contributed by atoms with Crippen LogP contribution in [0.1, 0.15) is 32.1 Å². The van der Waals surface area contributed by atoms with Crippen molar-refractivity contribution in [3.05, 3.63) is 22.9 Å². The fourth-order valence-electron chi connectivity index (χ4n) is 2.68. The van der Waals surface area contributed by atoms with Gasteiger partial charge in [-0.3, -0.25) is 9.55 Å². The molecule has 18 heavy (non-hydrogen) atoms. The summed E-state index contributed by atoms with van der Waals surface area (Å²) in [6, 6.07) is 0. The van der Waals surface area contributed by atoms with Crippen molar-refractivity contribution >= 4 is 23.7 Å². The quantitative estimate of drug-likeness (QED) is 0.907. The van der Waals surface area contributed by atoms with Crippen LogP contribution >= 0.6 is 12.4 Å². The van der Waals surface area contributed by atoms with E-state index in [9.17, 15) is 4.79 Å². The second-order valence-electron chi connectivity index (χ2n) is 4.77. The average Bonchev–Trinajstić information content (AvgIpc) is 2.68. The molecule has 0 amide bonds. The van der Waals surface area contributed by atoms with Crippen LogP contribution in [0.5, 0.6) is 0 Å². The number of nitrogens with zero attached hydrogens (tertiary/aromatic N) is 3. The molecule has 0 saturated heterocycles. The Morgan fingerprint density at radius 2 is 1.94 bits per heavy atom. The second-order valence-corrected chi connectivity index (χ2v) is 4.77. The van der Waals surface area contributed by atoms with Crippen LogP contribution in [0.4, 0.5) is 0 Å². The molecular formula is C12H17ClN4O. The Morgan fingerprint density at radius 1 is 1.22 bits per heavy atom. The van der Waals surface area contributed by atoms with Gasteiger partial charge in [-0.15, -0.1) is 12.4 Å². The predicted octanol–water partition coefficient (Wildman–Crippen LogP) is 2.12. The van der Waals surface area contributed by atoms with Gasteiger partial charge in [-0.1, -0.05) is 19.3 Å². The number of imidazole rings is 1. The van der Waals surface area contributed by atoms with Crippen LogP contribution < -0.4 is 5.69 Å². The summed E-state index contributed by atoms with van der Waals surface area (Å²) >= 11 is 0. The van der Waals surface area contributed by atoms with Crippen LogP contribution in [0.3, 0.4) is 0 Å². The summed E-state index contributed by atoms with van der Waals surface area (Å²) in [4.78, 5) is 22.9. The molecule has 0 bridgehead atoms. The van der Waals surface area contributed by atoms with E-state index in [-0.39, 0.29) is 18.1 Å². The van der Waals surface area contributed by atoms with Gasteiger partial charge in [0.05, 0.1) is 0 Å². The van der Waals surface area contributed by atoms with E-state index in [4.69, 9.17) is 0 Å². The summed E-state index contributed by atoms with van der Waals surface area (Å²) in [7, 11) is 0. The van der Waals surface area contributed by atoms with Gasteiger partial charge in [0, 0.05) is 18.9 Å². The molecule has 2 aromatic rings. The number of aromatic amines is 1. The Bertz CT molecular complexity index is 571. The van der Waals surface area contributed by atoms with Gasteiger partial charge in [0.25, 0.3) is 0 Å². The minimum absolute atomic E-state index is 0. The van der Waals surface area contributed by atoms with Gasteiger partial charge in [-0.2, -0.15) is 0 Å². The number of halogens is 1. The molecule has 6 heteroatoms. The summed E-state index contributed by atoms with van der Waals surface area (Å²) in [5.74, 6) is 0.613. The summed E-state index contributed by atoms with van der Waals surface area (Å²) in [5.41, 5.74) is 1.19. The molecule has 1 saturated carbocycles. The first kappa shape index (κ1) is 13.1. The molecular weight excluding hydrogens is 252 g/mol. The lowest BCUT2D eigenvalue weighted by Gasteiger charge is -2.21. The van der Waals surface area contributed by atoms with Gasteiger partial charge in [-0.05, 0) is 18.8 Å². The smallest absolute Gasteiger partial charge is 0.289 e. The molecule has 0 radical (unpaired) electrons. The Morgan fingerprint density at radius 3 is 2.72 bits per heavy atom. The largest absolute Gasteiger partial charge is 0.328 e. The monoisotopic (exact) mass is 268 g/mol. The number of rotatable bonds is 2. The lowest BCUT2D eigenvalue weighted by atomic mass is 9.89. The minimum atomic E-state index is -0.0863. The van der Waals surface area contributed by atoms with Gasteiger partial charge >= 0.3 is 5.69 Å². The number of aromatic nitrogens is 4. The van der Waals surface area contributed by atoms with Crippen molar-refractivity contribution in [3.8, 4) is 0 Å². The molecule has 98 valence electrons.